The fourth-order valence-corrected chi connectivity index (χ4v) is 2.13. The molecule has 1 aliphatic rings. The molecule has 0 unspecified atom stereocenters. The molecule has 20 heavy (non-hydrogen) atoms. The molecule has 2 rings (SSSR count). The van der Waals surface area contributed by atoms with Crippen molar-refractivity contribution in [3.05, 3.63) is 35.9 Å². The molecule has 0 saturated carbocycles. The molecule has 0 atom stereocenters. The van der Waals surface area contributed by atoms with Crippen LogP contribution in [0.1, 0.15) is 36.5 Å². The number of benzene rings is 1. The molecule has 108 valence electrons. The van der Waals surface area contributed by atoms with Crippen LogP contribution in [-0.4, -0.2) is 31.4 Å². The molecule has 4 heteroatoms. The highest BCUT2D eigenvalue weighted by atomic mass is 16.5. The van der Waals surface area contributed by atoms with Crippen LogP contribution < -0.4 is 5.32 Å². The van der Waals surface area contributed by atoms with Crippen LogP contribution in [0, 0.1) is 5.41 Å². The number of amides is 1. The maximum atomic E-state index is 11.9. The standard InChI is InChI=1S/C16H21NO3/c1-16(11-20-12-16)10-17-15(19)9-5-8-14(18)13-6-3-2-4-7-13/h2-4,6-7H,5,8-12H2,1H3,(H,17,19). The van der Waals surface area contributed by atoms with E-state index in [0.717, 1.165) is 0 Å². The van der Waals surface area contributed by atoms with Crippen LogP contribution >= 0.6 is 0 Å². The molecule has 1 N–H and O–H groups in total. The van der Waals surface area contributed by atoms with Crippen molar-refractivity contribution in [2.45, 2.75) is 26.2 Å². The maximum absolute atomic E-state index is 11.9. The third-order valence-electron chi connectivity index (χ3n) is 3.52. The van der Waals surface area contributed by atoms with Gasteiger partial charge in [-0.15, -0.1) is 0 Å². The zero-order chi connectivity index (χ0) is 14.4. The van der Waals surface area contributed by atoms with Gasteiger partial charge >= 0.3 is 0 Å². The topological polar surface area (TPSA) is 55.4 Å². The first kappa shape index (κ1) is 14.7. The van der Waals surface area contributed by atoms with E-state index < -0.39 is 0 Å². The van der Waals surface area contributed by atoms with Crippen molar-refractivity contribution in [1.29, 1.82) is 0 Å². The van der Waals surface area contributed by atoms with Gasteiger partial charge < -0.3 is 10.1 Å². The normalized spacial score (nSPS) is 16.2. The Balaban J connectivity index is 1.63. The number of hydrogen-bond donors (Lipinski definition) is 1. The lowest BCUT2D eigenvalue weighted by Crippen LogP contribution is -2.48. The summed E-state index contributed by atoms with van der Waals surface area (Å²) in [5, 5.41) is 2.91. The lowest BCUT2D eigenvalue weighted by atomic mass is 9.89. The van der Waals surface area contributed by atoms with Gasteiger partial charge in [-0.2, -0.15) is 0 Å². The highest BCUT2D eigenvalue weighted by molar-refractivity contribution is 5.96. The number of carbonyl (C=O) groups is 2. The Hall–Kier alpha value is -1.68. The Morgan fingerprint density at radius 3 is 2.50 bits per heavy atom. The summed E-state index contributed by atoms with van der Waals surface area (Å²) < 4.78 is 5.14. The molecule has 4 nitrogen and oxygen atoms in total. The molecule has 1 fully saturated rings. The molecule has 1 aromatic carbocycles. The van der Waals surface area contributed by atoms with Crippen molar-refractivity contribution < 1.29 is 14.3 Å². The zero-order valence-electron chi connectivity index (χ0n) is 11.9. The van der Waals surface area contributed by atoms with Gasteiger partial charge in [0.05, 0.1) is 13.2 Å². The Kier molecular flexibility index (Phi) is 4.90. The fourth-order valence-electron chi connectivity index (χ4n) is 2.13. The SMILES string of the molecule is CC1(CNC(=O)CCCC(=O)c2ccccc2)COC1. The van der Waals surface area contributed by atoms with Gasteiger partial charge in [-0.1, -0.05) is 37.3 Å². The average Bonchev–Trinajstić information content (AvgIpc) is 2.44. The molecule has 0 radical (unpaired) electrons. The monoisotopic (exact) mass is 275 g/mol. The van der Waals surface area contributed by atoms with E-state index in [4.69, 9.17) is 4.74 Å². The van der Waals surface area contributed by atoms with Crippen LogP contribution in [0.5, 0.6) is 0 Å². The average molecular weight is 275 g/mol. The van der Waals surface area contributed by atoms with E-state index >= 15 is 0 Å². The van der Waals surface area contributed by atoms with Crippen molar-refractivity contribution in [1.82, 2.24) is 5.32 Å². The number of carbonyl (C=O) groups excluding carboxylic acids is 2. The first-order chi connectivity index (χ1) is 9.59. The van der Waals surface area contributed by atoms with Gasteiger partial charge in [-0.25, -0.2) is 0 Å². The lowest BCUT2D eigenvalue weighted by Gasteiger charge is -2.38. The van der Waals surface area contributed by atoms with Gasteiger partial charge in [0.15, 0.2) is 5.78 Å². The fraction of sp³-hybridized carbons (Fsp3) is 0.500. The third kappa shape index (κ3) is 4.17. The zero-order valence-corrected chi connectivity index (χ0v) is 11.9. The second-order valence-electron chi connectivity index (χ2n) is 5.72. The van der Waals surface area contributed by atoms with Crippen molar-refractivity contribution >= 4 is 11.7 Å². The molecule has 0 bridgehead atoms. The molecule has 0 spiro atoms. The summed E-state index contributed by atoms with van der Waals surface area (Å²) >= 11 is 0. The van der Waals surface area contributed by atoms with Crippen LogP contribution in [0.4, 0.5) is 0 Å². The summed E-state index contributed by atoms with van der Waals surface area (Å²) in [7, 11) is 0. The van der Waals surface area contributed by atoms with Crippen LogP contribution in [0.15, 0.2) is 30.3 Å². The van der Waals surface area contributed by atoms with Crippen molar-refractivity contribution in [2.24, 2.45) is 5.41 Å². The highest BCUT2D eigenvalue weighted by Gasteiger charge is 2.33. The quantitative estimate of drug-likeness (QED) is 0.776. The van der Waals surface area contributed by atoms with Crippen LogP contribution in [0.3, 0.4) is 0 Å². The summed E-state index contributed by atoms with van der Waals surface area (Å²) in [4.78, 5) is 23.5. The molecule has 1 aliphatic heterocycles. The maximum Gasteiger partial charge on any atom is 0.220 e. The summed E-state index contributed by atoms with van der Waals surface area (Å²) in [6.07, 6.45) is 1.40. The first-order valence-corrected chi connectivity index (χ1v) is 7.02. The van der Waals surface area contributed by atoms with Crippen molar-refractivity contribution in [2.75, 3.05) is 19.8 Å². The smallest absolute Gasteiger partial charge is 0.220 e. The summed E-state index contributed by atoms with van der Waals surface area (Å²) in [6, 6.07) is 9.19. The molecular weight excluding hydrogens is 254 g/mol. The van der Waals surface area contributed by atoms with Gasteiger partial charge in [0.25, 0.3) is 0 Å². The van der Waals surface area contributed by atoms with Gasteiger partial charge in [-0.05, 0) is 6.42 Å². The van der Waals surface area contributed by atoms with Gasteiger partial charge in [0.1, 0.15) is 0 Å². The largest absolute Gasteiger partial charge is 0.380 e. The van der Waals surface area contributed by atoms with Gasteiger partial charge in [-0.3, -0.25) is 9.59 Å². The number of hydrogen-bond acceptors (Lipinski definition) is 3. The molecule has 1 aromatic rings. The van der Waals surface area contributed by atoms with Crippen LogP contribution in [-0.2, 0) is 9.53 Å². The molecule has 0 aliphatic carbocycles. The van der Waals surface area contributed by atoms with Gasteiger partial charge in [0.2, 0.25) is 5.91 Å². The lowest BCUT2D eigenvalue weighted by molar-refractivity contribution is -0.126. The Bertz CT molecular complexity index is 466. The van der Waals surface area contributed by atoms with E-state index in [9.17, 15) is 9.59 Å². The Morgan fingerprint density at radius 2 is 1.90 bits per heavy atom. The van der Waals surface area contributed by atoms with E-state index in [-0.39, 0.29) is 17.1 Å². The molecule has 1 heterocycles. The summed E-state index contributed by atoms with van der Waals surface area (Å²) in [5.41, 5.74) is 0.808. The van der Waals surface area contributed by atoms with E-state index in [1.165, 1.54) is 0 Å². The summed E-state index contributed by atoms with van der Waals surface area (Å²) in [5.74, 6) is 0.108. The minimum absolute atomic E-state index is 0.0130. The predicted molar refractivity (Wildman–Crippen MR) is 76.6 cm³/mol. The molecule has 1 amide bonds. The van der Waals surface area contributed by atoms with E-state index in [2.05, 4.69) is 12.2 Å². The van der Waals surface area contributed by atoms with Crippen LogP contribution in [0.2, 0.25) is 0 Å². The Morgan fingerprint density at radius 1 is 1.20 bits per heavy atom. The first-order valence-electron chi connectivity index (χ1n) is 7.02. The predicted octanol–water partition coefficient (Wildman–Crippen LogP) is 2.19. The van der Waals surface area contributed by atoms with Gasteiger partial charge in [0, 0.05) is 30.4 Å². The molecule has 1 saturated heterocycles. The number of nitrogens with one attached hydrogen (secondary N) is 1. The summed E-state index contributed by atoms with van der Waals surface area (Å²) in [6.45, 7) is 4.16. The number of Topliss-reactive ketones (excluding diaryl/α,β-unsaturated/α-hetero) is 1. The van der Waals surface area contributed by atoms with Crippen molar-refractivity contribution in [3.63, 3.8) is 0 Å². The minimum Gasteiger partial charge on any atom is -0.380 e. The number of ether oxygens (including phenoxy) is 1. The number of ketones is 1. The van der Waals surface area contributed by atoms with E-state index in [0.29, 0.717) is 44.6 Å². The molecule has 0 aromatic heterocycles. The van der Waals surface area contributed by atoms with Crippen LogP contribution in [0.25, 0.3) is 0 Å². The second-order valence-corrected chi connectivity index (χ2v) is 5.72. The third-order valence-corrected chi connectivity index (χ3v) is 3.52. The van der Waals surface area contributed by atoms with E-state index in [1.807, 2.05) is 18.2 Å². The second kappa shape index (κ2) is 6.66. The minimum atomic E-state index is 0.0130. The number of rotatable bonds is 7. The molecular formula is C16H21NO3. The van der Waals surface area contributed by atoms with E-state index in [1.54, 1.807) is 12.1 Å². The van der Waals surface area contributed by atoms with Crippen molar-refractivity contribution in [3.8, 4) is 0 Å². The highest BCUT2D eigenvalue weighted by Crippen LogP contribution is 2.25. The Labute approximate surface area is 119 Å².